The van der Waals surface area contributed by atoms with Crippen LogP contribution < -0.4 is 26.0 Å². The molecule has 1 aliphatic carbocycles. The Hall–Kier alpha value is -3.80. The Labute approximate surface area is 259 Å². The number of aliphatic hydroxyl groups is 1. The number of thiophene rings is 1. The average Bonchev–Trinajstić information content (AvgIpc) is 3.69. The van der Waals surface area contributed by atoms with E-state index < -0.39 is 12.3 Å². The van der Waals surface area contributed by atoms with Gasteiger partial charge in [0.25, 0.3) is 0 Å². The number of nitrogen functional groups attached to an aromatic ring is 2. The van der Waals surface area contributed by atoms with Crippen LogP contribution in [0.3, 0.4) is 0 Å². The molecule has 1 unspecified atom stereocenters. The molecule has 1 spiro atoms. The van der Waals surface area contributed by atoms with Crippen LogP contribution in [0.5, 0.6) is 6.01 Å². The molecule has 0 radical (unpaired) electrons. The van der Waals surface area contributed by atoms with Crippen molar-refractivity contribution in [2.45, 2.75) is 68.8 Å². The van der Waals surface area contributed by atoms with Crippen molar-refractivity contribution in [3.05, 3.63) is 39.9 Å². The van der Waals surface area contributed by atoms with Crippen LogP contribution in [-0.4, -0.2) is 87.1 Å². The first-order valence-electron chi connectivity index (χ1n) is 15.2. The summed E-state index contributed by atoms with van der Waals surface area (Å²) < 4.78 is 20.8. The average molecular weight is 621 g/mol. The molecule has 3 aromatic heterocycles. The Bertz CT molecular complexity index is 1600. The van der Waals surface area contributed by atoms with Gasteiger partial charge in [-0.15, -0.1) is 11.3 Å². The van der Waals surface area contributed by atoms with Crippen LogP contribution in [0.1, 0.15) is 54.2 Å². The summed E-state index contributed by atoms with van der Waals surface area (Å²) in [5.74, 6) is 1.19. The fraction of sp³-hybridized carbons (Fsp3) is 0.567. The monoisotopic (exact) mass is 620 g/mol. The Morgan fingerprint density at radius 2 is 2.14 bits per heavy atom. The number of aromatic nitrogens is 4. The lowest BCUT2D eigenvalue weighted by molar-refractivity contribution is 0.107. The molecule has 12 nitrogen and oxygen atoms in total. The molecule has 3 aromatic rings. The normalized spacial score (nSPS) is 24.1. The second-order valence-corrected chi connectivity index (χ2v) is 13.9. The van der Waals surface area contributed by atoms with Gasteiger partial charge >= 0.3 is 6.01 Å². The molecule has 3 saturated heterocycles. The van der Waals surface area contributed by atoms with Gasteiger partial charge in [-0.3, -0.25) is 4.90 Å². The van der Waals surface area contributed by atoms with Gasteiger partial charge in [0.1, 0.15) is 29.7 Å². The molecule has 44 heavy (non-hydrogen) atoms. The molecule has 0 aromatic carbocycles. The van der Waals surface area contributed by atoms with Crippen molar-refractivity contribution in [2.75, 3.05) is 60.6 Å². The van der Waals surface area contributed by atoms with Gasteiger partial charge in [-0.05, 0) is 50.8 Å². The van der Waals surface area contributed by atoms with Crippen LogP contribution in [-0.2, 0) is 18.4 Å². The zero-order valence-corrected chi connectivity index (χ0v) is 25.6. The predicted octanol–water partition coefficient (Wildman–Crippen LogP) is 2.41. The summed E-state index contributed by atoms with van der Waals surface area (Å²) >= 11 is 1.52. The molecule has 0 bridgehead atoms. The van der Waals surface area contributed by atoms with Gasteiger partial charge in [-0.2, -0.15) is 20.2 Å². The van der Waals surface area contributed by atoms with Gasteiger partial charge in [0.05, 0.1) is 17.2 Å². The van der Waals surface area contributed by atoms with Crippen LogP contribution >= 0.6 is 11.3 Å². The van der Waals surface area contributed by atoms with Gasteiger partial charge in [0.15, 0.2) is 0 Å². The van der Waals surface area contributed by atoms with E-state index in [4.69, 9.17) is 31.2 Å². The fourth-order valence-corrected chi connectivity index (χ4v) is 8.76. The number of alkyl halides is 1. The van der Waals surface area contributed by atoms with Crippen molar-refractivity contribution in [3.8, 4) is 12.1 Å². The Morgan fingerprint density at radius 1 is 1.30 bits per heavy atom. The smallest absolute Gasteiger partial charge is 0.323 e. The van der Waals surface area contributed by atoms with Crippen molar-refractivity contribution in [1.29, 1.82) is 5.26 Å². The van der Waals surface area contributed by atoms with Crippen LogP contribution in [0.15, 0.2) is 18.3 Å². The minimum Gasteiger partial charge on any atom is -0.461 e. The number of aliphatic hydroxyl groups excluding tert-OH is 1. The molecule has 4 aliphatic rings. The highest BCUT2D eigenvalue weighted by atomic mass is 32.1. The van der Waals surface area contributed by atoms with E-state index in [-0.39, 0.29) is 30.1 Å². The number of nitrogens with zero attached hydrogens (tertiary/aromatic N) is 8. The first-order chi connectivity index (χ1) is 21.2. The lowest BCUT2D eigenvalue weighted by atomic mass is 9.74. The number of fused-ring (bicyclic) bond motifs is 3. The number of pyridine rings is 1. The number of nitrogens with two attached hydrogens (primary N) is 2. The number of nitriles is 1. The van der Waals surface area contributed by atoms with Crippen molar-refractivity contribution >= 4 is 34.1 Å². The number of hydrogen-bond acceptors (Lipinski definition) is 13. The van der Waals surface area contributed by atoms with Gasteiger partial charge in [0, 0.05) is 61.2 Å². The molecule has 7 rings (SSSR count). The minimum atomic E-state index is -0.868. The maximum Gasteiger partial charge on any atom is 0.323 e. The van der Waals surface area contributed by atoms with E-state index in [1.165, 1.54) is 16.2 Å². The van der Waals surface area contributed by atoms with Crippen molar-refractivity contribution < 1.29 is 14.2 Å². The van der Waals surface area contributed by atoms with Crippen LogP contribution in [0.4, 0.5) is 27.1 Å². The summed E-state index contributed by atoms with van der Waals surface area (Å²) in [6, 6.07) is 6.18. The maximum atomic E-state index is 14.5. The first kappa shape index (κ1) is 28.9. The number of ether oxygens (including phenoxy) is 1. The van der Waals surface area contributed by atoms with Gasteiger partial charge in [-0.25, -0.2) is 9.37 Å². The van der Waals surface area contributed by atoms with Gasteiger partial charge < -0.3 is 31.1 Å². The van der Waals surface area contributed by atoms with E-state index in [0.29, 0.717) is 60.9 Å². The quantitative estimate of drug-likeness (QED) is 0.320. The molecule has 3 atom stereocenters. The van der Waals surface area contributed by atoms with E-state index in [1.807, 2.05) is 17.0 Å². The van der Waals surface area contributed by atoms with Crippen molar-refractivity contribution in [1.82, 2.24) is 24.8 Å². The lowest BCUT2D eigenvalue weighted by Crippen LogP contribution is -2.59. The topological polar surface area (TPSA) is 167 Å². The fourth-order valence-electron chi connectivity index (χ4n) is 7.62. The van der Waals surface area contributed by atoms with Crippen LogP contribution in [0, 0.1) is 11.3 Å². The Balaban J connectivity index is 1.21. The van der Waals surface area contributed by atoms with Crippen molar-refractivity contribution in [3.63, 3.8) is 0 Å². The summed E-state index contributed by atoms with van der Waals surface area (Å²) in [7, 11) is 0. The number of halogens is 1. The molecule has 5 N–H and O–H groups in total. The van der Waals surface area contributed by atoms with E-state index in [2.05, 4.69) is 20.9 Å². The summed E-state index contributed by atoms with van der Waals surface area (Å²) in [6.07, 6.45) is 4.25. The highest BCUT2D eigenvalue weighted by molar-refractivity contribution is 7.16. The second-order valence-electron chi connectivity index (χ2n) is 12.7. The standard InChI is InChI=1S/C30H37FN10O2S/c1-18(42)12-39(13-19-4-2-8-35-24(19)33)26-36-27(38-28(37-26)43-17-30-6-3-9-41(30)14-20(31)10-30)40-15-29(16-40)7-5-22-23(29)21(11-32)25(34)44-22/h2,4,8,18,20,42H,3,5-7,9-10,12-17,34H2,1H3,(H2,33,35)/t18?,20-,30+/m1/s1. The minimum absolute atomic E-state index is 0.161. The maximum absolute atomic E-state index is 14.5. The van der Waals surface area contributed by atoms with E-state index in [1.54, 1.807) is 13.1 Å². The third kappa shape index (κ3) is 4.96. The van der Waals surface area contributed by atoms with E-state index in [9.17, 15) is 14.8 Å². The van der Waals surface area contributed by atoms with Crippen LogP contribution in [0.2, 0.25) is 0 Å². The highest BCUT2D eigenvalue weighted by Crippen LogP contribution is 2.52. The molecule has 3 fully saturated rings. The molecule has 232 valence electrons. The molecule has 3 aliphatic heterocycles. The lowest BCUT2D eigenvalue weighted by Gasteiger charge is -2.48. The highest BCUT2D eigenvalue weighted by Gasteiger charge is 2.52. The van der Waals surface area contributed by atoms with Gasteiger partial charge in [-0.1, -0.05) is 6.07 Å². The zero-order valence-electron chi connectivity index (χ0n) is 24.7. The summed E-state index contributed by atoms with van der Waals surface area (Å²) in [4.78, 5) is 25.9. The number of anilines is 4. The Kier molecular flexibility index (Phi) is 7.22. The van der Waals surface area contributed by atoms with Crippen LogP contribution in [0.25, 0.3) is 0 Å². The molecule has 6 heterocycles. The molecule has 0 amide bonds. The number of hydrogen-bond donors (Lipinski definition) is 3. The first-order valence-corrected chi connectivity index (χ1v) is 16.0. The number of rotatable bonds is 9. The Morgan fingerprint density at radius 3 is 2.91 bits per heavy atom. The summed E-state index contributed by atoms with van der Waals surface area (Å²) in [6.45, 7) is 5.13. The third-order valence-electron chi connectivity index (χ3n) is 9.63. The third-order valence-corrected chi connectivity index (χ3v) is 10.7. The zero-order chi connectivity index (χ0) is 30.6. The largest absolute Gasteiger partial charge is 0.461 e. The van der Waals surface area contributed by atoms with Gasteiger partial charge in [0.2, 0.25) is 11.9 Å². The van der Waals surface area contributed by atoms with E-state index >= 15 is 0 Å². The second kappa shape index (κ2) is 11.0. The number of aryl methyl sites for hydroxylation is 1. The molecule has 0 saturated carbocycles. The SMILES string of the molecule is CC(O)CN(Cc1cccnc1N)c1nc(OC[C@@]23CCCN2C[C@H](F)C3)nc(N2CC3(CCc4sc(N)c(C#N)c43)C2)n1. The molecular formula is C30H37FN10O2S. The van der Waals surface area contributed by atoms with Crippen molar-refractivity contribution in [2.24, 2.45) is 0 Å². The molecule has 14 heteroatoms. The summed E-state index contributed by atoms with van der Waals surface area (Å²) in [5.41, 5.74) is 14.3. The molecular weight excluding hydrogens is 583 g/mol. The van der Waals surface area contributed by atoms with E-state index in [0.717, 1.165) is 43.4 Å². The summed E-state index contributed by atoms with van der Waals surface area (Å²) in [5, 5.41) is 20.8. The predicted molar refractivity (Wildman–Crippen MR) is 165 cm³/mol.